The normalized spacial score (nSPS) is 27.2. The summed E-state index contributed by atoms with van der Waals surface area (Å²) in [4.78, 5) is 29.7. The van der Waals surface area contributed by atoms with Crippen molar-refractivity contribution in [2.24, 2.45) is 11.3 Å². The first kappa shape index (κ1) is 25.0. The molecule has 7 heteroatoms. The van der Waals surface area contributed by atoms with Gasteiger partial charge in [-0.25, -0.2) is 0 Å². The maximum Gasteiger partial charge on any atom is 0.260 e. The predicted molar refractivity (Wildman–Crippen MR) is 129 cm³/mol. The van der Waals surface area contributed by atoms with Crippen molar-refractivity contribution in [3.05, 3.63) is 29.8 Å². The Morgan fingerprint density at radius 3 is 2.41 bits per heavy atom. The second-order valence-electron chi connectivity index (χ2n) is 10.7. The molecule has 1 saturated heterocycles. The van der Waals surface area contributed by atoms with Gasteiger partial charge in [0.25, 0.3) is 5.91 Å². The number of para-hydroxylation sites is 1. The molecule has 4 rings (SSSR count). The van der Waals surface area contributed by atoms with Crippen LogP contribution in [-0.4, -0.2) is 77.3 Å². The molecular weight excluding hydrogens is 432 g/mol. The fraction of sp³-hybridized carbons (Fsp3) is 0.704. The summed E-state index contributed by atoms with van der Waals surface area (Å²) in [5.74, 6) is 0.875. The molecule has 1 aromatic rings. The van der Waals surface area contributed by atoms with E-state index in [2.05, 4.69) is 0 Å². The van der Waals surface area contributed by atoms with E-state index in [0.29, 0.717) is 44.6 Å². The van der Waals surface area contributed by atoms with Gasteiger partial charge in [0, 0.05) is 39.0 Å². The predicted octanol–water partition coefficient (Wildman–Crippen LogP) is 2.77. The highest BCUT2D eigenvalue weighted by Crippen LogP contribution is 2.39. The topological polar surface area (TPSA) is 90.3 Å². The molecule has 0 unspecified atom stereocenters. The molecule has 34 heavy (non-hydrogen) atoms. The van der Waals surface area contributed by atoms with E-state index >= 15 is 0 Å². The third kappa shape index (κ3) is 5.92. The van der Waals surface area contributed by atoms with Gasteiger partial charge in [0.1, 0.15) is 5.75 Å². The van der Waals surface area contributed by atoms with E-state index in [1.165, 1.54) is 12.8 Å². The lowest BCUT2D eigenvalue weighted by atomic mass is 9.72. The van der Waals surface area contributed by atoms with E-state index in [4.69, 9.17) is 4.74 Å². The number of likely N-dealkylation sites (N-methyl/N-ethyl adjacent to an activating group) is 1. The van der Waals surface area contributed by atoms with Crippen molar-refractivity contribution >= 4 is 11.8 Å². The monoisotopic (exact) mass is 472 g/mol. The van der Waals surface area contributed by atoms with Crippen LogP contribution in [0.5, 0.6) is 5.75 Å². The standard InChI is InChI=1S/C27H40N2O5/c1-28-19-27(12-14-29(15-13-27)26(33)20-8-4-2-3-5-9-20)17-23(31)22(30)16-21-10-6-7-11-24(21)34-18-25(28)32/h6-7,10-11,20,22-23,30-31H,2-5,8-9,12-19H2,1H3/t22-,23+/m0/s1. The van der Waals surface area contributed by atoms with Crippen molar-refractivity contribution in [2.75, 3.05) is 33.3 Å². The van der Waals surface area contributed by atoms with Gasteiger partial charge in [-0.2, -0.15) is 0 Å². The Balaban J connectivity index is 1.48. The number of carbonyl (C=O) groups excluding carboxylic acids is 2. The summed E-state index contributed by atoms with van der Waals surface area (Å²) >= 11 is 0. The van der Waals surface area contributed by atoms with Crippen molar-refractivity contribution in [3.63, 3.8) is 0 Å². The van der Waals surface area contributed by atoms with Gasteiger partial charge in [0.05, 0.1) is 12.2 Å². The van der Waals surface area contributed by atoms with Gasteiger partial charge in [-0.15, -0.1) is 0 Å². The molecule has 0 bridgehead atoms. The number of hydrogen-bond donors (Lipinski definition) is 2. The fourth-order valence-corrected chi connectivity index (χ4v) is 6.01. The van der Waals surface area contributed by atoms with E-state index in [1.807, 2.05) is 23.1 Å². The third-order valence-electron chi connectivity index (χ3n) is 8.18. The maximum atomic E-state index is 13.2. The molecule has 0 aromatic heterocycles. The number of likely N-dealkylation sites (tertiary alicyclic amines) is 1. The number of piperidine rings is 1. The summed E-state index contributed by atoms with van der Waals surface area (Å²) in [6, 6.07) is 7.35. The molecule has 1 spiro atoms. The van der Waals surface area contributed by atoms with Gasteiger partial charge in [0.2, 0.25) is 5.91 Å². The smallest absolute Gasteiger partial charge is 0.260 e. The number of aliphatic hydroxyl groups is 2. The SMILES string of the molecule is CN1CC2(CCN(C(=O)C3CCCCCC3)CC2)C[C@@H](O)[C@@H](O)Cc2ccccc2OCC1=O. The Bertz CT molecular complexity index is 843. The van der Waals surface area contributed by atoms with Gasteiger partial charge in [-0.1, -0.05) is 43.9 Å². The van der Waals surface area contributed by atoms with Crippen molar-refractivity contribution in [2.45, 2.75) is 76.4 Å². The van der Waals surface area contributed by atoms with Crippen LogP contribution in [0.15, 0.2) is 24.3 Å². The first-order valence-electron chi connectivity index (χ1n) is 13.0. The van der Waals surface area contributed by atoms with Gasteiger partial charge in [0.15, 0.2) is 6.61 Å². The quantitative estimate of drug-likeness (QED) is 0.614. The zero-order valence-corrected chi connectivity index (χ0v) is 20.5. The number of carbonyl (C=O) groups is 2. The molecule has 188 valence electrons. The molecule has 2 aliphatic heterocycles. The zero-order valence-electron chi connectivity index (χ0n) is 20.5. The van der Waals surface area contributed by atoms with E-state index in [1.54, 1.807) is 18.0 Å². The summed E-state index contributed by atoms with van der Waals surface area (Å²) in [5, 5.41) is 21.8. The summed E-state index contributed by atoms with van der Waals surface area (Å²) in [7, 11) is 1.77. The van der Waals surface area contributed by atoms with Crippen LogP contribution in [0.4, 0.5) is 0 Å². The minimum atomic E-state index is -0.923. The van der Waals surface area contributed by atoms with Crippen LogP contribution in [0.3, 0.4) is 0 Å². The van der Waals surface area contributed by atoms with Gasteiger partial charge < -0.3 is 24.7 Å². The van der Waals surface area contributed by atoms with Crippen LogP contribution in [0.1, 0.15) is 63.4 Å². The molecule has 2 fully saturated rings. The van der Waals surface area contributed by atoms with Crippen LogP contribution in [-0.2, 0) is 16.0 Å². The number of hydrogen-bond acceptors (Lipinski definition) is 5. The Labute approximate surface area is 203 Å². The van der Waals surface area contributed by atoms with Crippen LogP contribution < -0.4 is 4.74 Å². The van der Waals surface area contributed by atoms with E-state index in [-0.39, 0.29) is 36.2 Å². The lowest BCUT2D eigenvalue weighted by Crippen LogP contribution is -2.52. The number of aliphatic hydroxyl groups excluding tert-OH is 2. The Morgan fingerprint density at radius 2 is 1.71 bits per heavy atom. The van der Waals surface area contributed by atoms with E-state index < -0.39 is 12.2 Å². The molecule has 7 nitrogen and oxygen atoms in total. The number of benzene rings is 1. The Hall–Kier alpha value is -2.12. The van der Waals surface area contributed by atoms with Crippen molar-refractivity contribution < 1.29 is 24.5 Å². The summed E-state index contributed by atoms with van der Waals surface area (Å²) in [5.41, 5.74) is 0.437. The number of fused-ring (bicyclic) bond motifs is 1. The lowest BCUT2D eigenvalue weighted by molar-refractivity contribution is -0.141. The molecule has 0 radical (unpaired) electrons. The first-order valence-corrected chi connectivity index (χ1v) is 13.0. The first-order chi connectivity index (χ1) is 16.4. The minimum Gasteiger partial charge on any atom is -0.483 e. The van der Waals surface area contributed by atoms with E-state index in [0.717, 1.165) is 31.2 Å². The van der Waals surface area contributed by atoms with Crippen LogP contribution >= 0.6 is 0 Å². The number of rotatable bonds is 1. The number of nitrogens with zero attached hydrogens (tertiary/aromatic N) is 2. The van der Waals surface area contributed by atoms with Crippen molar-refractivity contribution in [1.29, 1.82) is 0 Å². The summed E-state index contributed by atoms with van der Waals surface area (Å²) < 4.78 is 5.79. The fourth-order valence-electron chi connectivity index (χ4n) is 6.01. The van der Waals surface area contributed by atoms with Crippen molar-refractivity contribution in [3.8, 4) is 5.75 Å². The Kier molecular flexibility index (Phi) is 8.14. The van der Waals surface area contributed by atoms with E-state index in [9.17, 15) is 19.8 Å². The second kappa shape index (κ2) is 11.1. The highest BCUT2D eigenvalue weighted by Gasteiger charge is 2.41. The van der Waals surface area contributed by atoms with Gasteiger partial charge in [-0.3, -0.25) is 9.59 Å². The highest BCUT2D eigenvalue weighted by atomic mass is 16.5. The third-order valence-corrected chi connectivity index (χ3v) is 8.18. The molecule has 2 N–H and O–H groups in total. The number of ether oxygens (including phenoxy) is 1. The number of amides is 2. The Morgan fingerprint density at radius 1 is 1.03 bits per heavy atom. The van der Waals surface area contributed by atoms with Crippen molar-refractivity contribution in [1.82, 2.24) is 9.80 Å². The zero-order chi connectivity index (χ0) is 24.1. The van der Waals surface area contributed by atoms with Crippen LogP contribution in [0.25, 0.3) is 0 Å². The molecule has 3 aliphatic rings. The van der Waals surface area contributed by atoms with Crippen LogP contribution in [0, 0.1) is 11.3 Å². The molecule has 2 atom stereocenters. The molecule has 1 aliphatic carbocycles. The molecule has 2 amide bonds. The largest absolute Gasteiger partial charge is 0.483 e. The second-order valence-corrected chi connectivity index (χ2v) is 10.7. The van der Waals surface area contributed by atoms with Gasteiger partial charge >= 0.3 is 0 Å². The highest BCUT2D eigenvalue weighted by molar-refractivity contribution is 5.79. The van der Waals surface area contributed by atoms with Crippen LogP contribution in [0.2, 0.25) is 0 Å². The summed E-state index contributed by atoms with van der Waals surface area (Å²) in [6.45, 7) is 1.69. The summed E-state index contributed by atoms with van der Waals surface area (Å²) in [6.07, 6.45) is 6.95. The average molecular weight is 473 g/mol. The lowest BCUT2D eigenvalue weighted by Gasteiger charge is -2.46. The van der Waals surface area contributed by atoms with Gasteiger partial charge in [-0.05, 0) is 49.1 Å². The molecule has 2 heterocycles. The molecule has 1 aromatic carbocycles. The molecular formula is C27H40N2O5. The minimum absolute atomic E-state index is 0.0610. The maximum absolute atomic E-state index is 13.2. The average Bonchev–Trinajstić information content (AvgIpc) is 3.12. The molecule has 1 saturated carbocycles.